The van der Waals surface area contributed by atoms with Crippen LogP contribution in [0.2, 0.25) is 0 Å². The van der Waals surface area contributed by atoms with Crippen molar-refractivity contribution in [3.8, 4) is 33.4 Å². The number of benzene rings is 5. The summed E-state index contributed by atoms with van der Waals surface area (Å²) in [7, 11) is 0. The van der Waals surface area contributed by atoms with Gasteiger partial charge < -0.3 is 0 Å². The van der Waals surface area contributed by atoms with Gasteiger partial charge in [0.1, 0.15) is 0 Å². The molecule has 0 aliphatic rings. The fourth-order valence-electron chi connectivity index (χ4n) is 4.42. The van der Waals surface area contributed by atoms with Crippen molar-refractivity contribution in [1.29, 1.82) is 0 Å². The van der Waals surface area contributed by atoms with Crippen molar-refractivity contribution >= 4 is 31.5 Å². The molecule has 0 unspecified atom stereocenters. The number of hydrogen-bond acceptors (Lipinski definition) is 1. The van der Waals surface area contributed by atoms with Crippen molar-refractivity contribution in [2.75, 3.05) is 0 Å². The van der Waals surface area contributed by atoms with E-state index in [2.05, 4.69) is 121 Å². The Hall–Kier alpha value is -3.68. The molecule has 146 valence electrons. The first-order valence-corrected chi connectivity index (χ1v) is 11.4. The zero-order valence-corrected chi connectivity index (χ0v) is 17.8. The molecule has 0 N–H and O–H groups in total. The lowest BCUT2D eigenvalue weighted by Crippen LogP contribution is -1.84. The summed E-state index contributed by atoms with van der Waals surface area (Å²) in [6.07, 6.45) is 0. The molecule has 0 radical (unpaired) electrons. The predicted molar refractivity (Wildman–Crippen MR) is 136 cm³/mol. The second-order valence-electron chi connectivity index (χ2n) is 7.78. The van der Waals surface area contributed by atoms with Crippen molar-refractivity contribution in [1.82, 2.24) is 0 Å². The number of rotatable bonds is 3. The van der Waals surface area contributed by atoms with Crippen LogP contribution in [0.1, 0.15) is 0 Å². The van der Waals surface area contributed by atoms with Crippen molar-refractivity contribution in [2.24, 2.45) is 0 Å². The van der Waals surface area contributed by atoms with E-state index in [1.54, 1.807) is 0 Å². The monoisotopic (exact) mass is 412 g/mol. The van der Waals surface area contributed by atoms with Gasteiger partial charge in [-0.25, -0.2) is 0 Å². The molecule has 0 bridgehead atoms. The molecule has 0 fully saturated rings. The Morgan fingerprint density at radius 3 is 1.65 bits per heavy atom. The van der Waals surface area contributed by atoms with Crippen molar-refractivity contribution < 1.29 is 0 Å². The van der Waals surface area contributed by atoms with Gasteiger partial charge in [0.25, 0.3) is 0 Å². The third-order valence-electron chi connectivity index (χ3n) is 5.87. The van der Waals surface area contributed by atoms with Crippen molar-refractivity contribution in [2.45, 2.75) is 0 Å². The van der Waals surface area contributed by atoms with E-state index in [1.165, 1.54) is 53.6 Å². The lowest BCUT2D eigenvalue weighted by atomic mass is 9.94. The summed E-state index contributed by atoms with van der Waals surface area (Å²) in [5, 5.41) is 2.68. The van der Waals surface area contributed by atoms with E-state index in [1.807, 2.05) is 11.3 Å². The number of thiophene rings is 1. The maximum atomic E-state index is 2.38. The summed E-state index contributed by atoms with van der Waals surface area (Å²) < 4.78 is 2.68. The van der Waals surface area contributed by atoms with E-state index in [0.717, 1.165) is 0 Å². The van der Waals surface area contributed by atoms with Gasteiger partial charge >= 0.3 is 0 Å². The molecule has 0 saturated heterocycles. The summed E-state index contributed by atoms with van der Waals surface area (Å²) >= 11 is 1.90. The van der Waals surface area contributed by atoms with E-state index < -0.39 is 0 Å². The highest BCUT2D eigenvalue weighted by Gasteiger charge is 2.16. The van der Waals surface area contributed by atoms with E-state index >= 15 is 0 Å². The predicted octanol–water partition coefficient (Wildman–Crippen LogP) is 9.06. The van der Waals surface area contributed by atoms with Gasteiger partial charge in [0, 0.05) is 25.7 Å². The Labute approximate surface area is 186 Å². The van der Waals surface area contributed by atoms with Crippen LogP contribution in [-0.2, 0) is 0 Å². The van der Waals surface area contributed by atoms with Crippen molar-refractivity contribution in [3.05, 3.63) is 121 Å². The molecule has 1 aromatic heterocycles. The minimum absolute atomic E-state index is 1.25. The first kappa shape index (κ1) is 18.1. The highest BCUT2D eigenvalue weighted by Crippen LogP contribution is 2.45. The molecule has 6 aromatic rings. The topological polar surface area (TPSA) is 0 Å². The Balaban J connectivity index is 1.74. The van der Waals surface area contributed by atoms with Gasteiger partial charge in [-0.1, -0.05) is 103 Å². The van der Waals surface area contributed by atoms with Gasteiger partial charge in [0.15, 0.2) is 0 Å². The van der Waals surface area contributed by atoms with Gasteiger partial charge in [0.05, 0.1) is 0 Å². The fraction of sp³-hybridized carbons (Fsp3) is 0. The molecule has 0 aliphatic heterocycles. The molecular weight excluding hydrogens is 392 g/mol. The molecule has 0 atom stereocenters. The zero-order valence-electron chi connectivity index (χ0n) is 17.0. The van der Waals surface area contributed by atoms with Crippen LogP contribution in [0, 0.1) is 0 Å². The molecule has 0 spiro atoms. The summed E-state index contributed by atoms with van der Waals surface area (Å²) in [4.78, 5) is 0. The van der Waals surface area contributed by atoms with Gasteiger partial charge in [-0.05, 0) is 46.0 Å². The second-order valence-corrected chi connectivity index (χ2v) is 8.83. The summed E-state index contributed by atoms with van der Waals surface area (Å²) in [5.41, 5.74) is 7.63. The summed E-state index contributed by atoms with van der Waals surface area (Å²) in [6.45, 7) is 0. The van der Waals surface area contributed by atoms with Crippen LogP contribution in [-0.4, -0.2) is 0 Å². The molecular formula is C30H20S. The average Bonchev–Trinajstić information content (AvgIpc) is 3.24. The minimum Gasteiger partial charge on any atom is -0.135 e. The van der Waals surface area contributed by atoms with Gasteiger partial charge in [-0.2, -0.15) is 0 Å². The molecule has 31 heavy (non-hydrogen) atoms. The van der Waals surface area contributed by atoms with Crippen LogP contribution >= 0.6 is 11.3 Å². The van der Waals surface area contributed by atoms with Crippen LogP contribution in [0.3, 0.4) is 0 Å². The summed E-state index contributed by atoms with van der Waals surface area (Å²) in [5.74, 6) is 0. The zero-order chi connectivity index (χ0) is 20.6. The molecule has 0 nitrogen and oxygen atoms in total. The van der Waals surface area contributed by atoms with Crippen LogP contribution in [0.5, 0.6) is 0 Å². The lowest BCUT2D eigenvalue weighted by molar-refractivity contribution is 1.63. The maximum absolute atomic E-state index is 2.38. The third kappa shape index (κ3) is 3.15. The minimum atomic E-state index is 1.25. The maximum Gasteiger partial charge on any atom is 0.0434 e. The molecule has 6 rings (SSSR count). The first-order chi connectivity index (χ1) is 15.4. The Kier molecular flexibility index (Phi) is 4.40. The van der Waals surface area contributed by atoms with Crippen LogP contribution in [0.4, 0.5) is 0 Å². The standard InChI is InChI=1S/C30H20S/c1-4-11-21(12-5-1)24-19-26(23-15-8-3-9-16-23)30-27(20-24)29-25(17-10-18-28(29)31-30)22-13-6-2-7-14-22/h1-20H. The third-order valence-corrected chi connectivity index (χ3v) is 7.08. The van der Waals surface area contributed by atoms with Gasteiger partial charge in [0.2, 0.25) is 0 Å². The Bertz CT molecular complexity index is 1490. The van der Waals surface area contributed by atoms with E-state index in [-0.39, 0.29) is 0 Å². The molecule has 1 heteroatoms. The highest BCUT2D eigenvalue weighted by molar-refractivity contribution is 7.26. The van der Waals surface area contributed by atoms with Gasteiger partial charge in [-0.3, -0.25) is 0 Å². The Morgan fingerprint density at radius 1 is 0.419 bits per heavy atom. The smallest absolute Gasteiger partial charge is 0.0434 e. The summed E-state index contributed by atoms with van der Waals surface area (Å²) in [6, 6.07) is 43.6. The Morgan fingerprint density at radius 2 is 1.00 bits per heavy atom. The SMILES string of the molecule is c1ccc(-c2cc(-c3ccccc3)c3sc4cccc(-c5ccccc5)c4c3c2)cc1. The lowest BCUT2D eigenvalue weighted by Gasteiger charge is -2.10. The quantitative estimate of drug-likeness (QED) is 0.272. The normalized spacial score (nSPS) is 11.2. The highest BCUT2D eigenvalue weighted by atomic mass is 32.1. The molecule has 0 amide bonds. The molecule has 1 heterocycles. The van der Waals surface area contributed by atoms with E-state index in [4.69, 9.17) is 0 Å². The van der Waals surface area contributed by atoms with E-state index in [9.17, 15) is 0 Å². The van der Waals surface area contributed by atoms with E-state index in [0.29, 0.717) is 0 Å². The number of fused-ring (bicyclic) bond motifs is 3. The number of hydrogen-bond donors (Lipinski definition) is 0. The molecule has 0 aliphatic carbocycles. The molecule has 0 saturated carbocycles. The van der Waals surface area contributed by atoms with Crippen LogP contribution in [0.25, 0.3) is 53.6 Å². The first-order valence-electron chi connectivity index (χ1n) is 10.5. The average molecular weight is 413 g/mol. The second kappa shape index (κ2) is 7.54. The van der Waals surface area contributed by atoms with Gasteiger partial charge in [-0.15, -0.1) is 11.3 Å². The van der Waals surface area contributed by atoms with Crippen LogP contribution < -0.4 is 0 Å². The molecule has 5 aromatic carbocycles. The van der Waals surface area contributed by atoms with Crippen molar-refractivity contribution in [3.63, 3.8) is 0 Å². The van der Waals surface area contributed by atoms with Crippen LogP contribution in [0.15, 0.2) is 121 Å². The fourth-order valence-corrected chi connectivity index (χ4v) is 5.66. The largest absolute Gasteiger partial charge is 0.135 e.